The molecule has 0 radical (unpaired) electrons. The summed E-state index contributed by atoms with van der Waals surface area (Å²) in [7, 11) is -3.96. The predicted molar refractivity (Wildman–Crippen MR) is 89.3 cm³/mol. The molecular formula is C14H16BrClF2N2O3S. The minimum absolute atomic E-state index is 0.117. The lowest BCUT2D eigenvalue weighted by molar-refractivity contribution is -0.118. The lowest BCUT2D eigenvalue weighted by Crippen LogP contribution is -2.41. The van der Waals surface area contributed by atoms with Crippen molar-refractivity contribution in [3.05, 3.63) is 28.2 Å². The Morgan fingerprint density at radius 3 is 2.33 bits per heavy atom. The first-order valence-corrected chi connectivity index (χ1v) is 9.99. The zero-order valence-corrected chi connectivity index (χ0v) is 15.7. The number of sulfonamides is 1. The second-order valence-corrected chi connectivity index (χ2v) is 8.48. The van der Waals surface area contributed by atoms with Gasteiger partial charge in [-0.15, -0.1) is 11.6 Å². The molecule has 1 saturated heterocycles. The first-order valence-electron chi connectivity index (χ1n) is 7.23. The fraction of sp³-hybridized carbons (Fsp3) is 0.500. The number of carbonyl (C=O) groups excluding carboxylic acids is 1. The van der Waals surface area contributed by atoms with E-state index in [-0.39, 0.29) is 30.8 Å². The molecule has 0 spiro atoms. The Morgan fingerprint density at radius 1 is 1.29 bits per heavy atom. The summed E-state index contributed by atoms with van der Waals surface area (Å²) >= 11 is 8.11. The highest BCUT2D eigenvalue weighted by Crippen LogP contribution is 2.28. The van der Waals surface area contributed by atoms with Crippen molar-refractivity contribution in [3.63, 3.8) is 0 Å². The van der Waals surface area contributed by atoms with Crippen LogP contribution in [0.1, 0.15) is 12.8 Å². The van der Waals surface area contributed by atoms with Gasteiger partial charge in [-0.3, -0.25) is 4.79 Å². The number of alkyl halides is 1. The van der Waals surface area contributed by atoms with Crippen LogP contribution in [0.15, 0.2) is 21.5 Å². The van der Waals surface area contributed by atoms with E-state index in [0.29, 0.717) is 19.4 Å². The average molecular weight is 446 g/mol. The standard InChI is InChI=1S/C14H16BrClF2N2O3S/c15-14-11(17)5-10(6-12(14)18)24(22,23)20-3-1-9(2-4-20)8-19-13(21)7-16/h5-6,9H,1-4,7-8H2,(H,19,21). The highest BCUT2D eigenvalue weighted by molar-refractivity contribution is 9.10. The summed E-state index contributed by atoms with van der Waals surface area (Å²) in [6.07, 6.45) is 1.09. The van der Waals surface area contributed by atoms with Crippen molar-refractivity contribution in [2.24, 2.45) is 5.92 Å². The SMILES string of the molecule is O=C(CCl)NCC1CCN(S(=O)(=O)c2cc(F)c(Br)c(F)c2)CC1. The molecule has 0 atom stereocenters. The van der Waals surface area contributed by atoms with Crippen molar-refractivity contribution in [1.82, 2.24) is 9.62 Å². The molecule has 1 amide bonds. The maximum Gasteiger partial charge on any atom is 0.243 e. The van der Waals surface area contributed by atoms with Crippen LogP contribution in [-0.2, 0) is 14.8 Å². The number of hydrogen-bond acceptors (Lipinski definition) is 3. The van der Waals surface area contributed by atoms with Gasteiger partial charge < -0.3 is 5.32 Å². The van der Waals surface area contributed by atoms with Crippen molar-refractivity contribution in [2.45, 2.75) is 17.7 Å². The van der Waals surface area contributed by atoms with Crippen LogP contribution >= 0.6 is 27.5 Å². The van der Waals surface area contributed by atoms with Crippen LogP contribution < -0.4 is 5.32 Å². The molecule has 0 saturated carbocycles. The summed E-state index contributed by atoms with van der Waals surface area (Å²) in [5, 5.41) is 2.67. The number of nitrogens with one attached hydrogen (secondary N) is 1. The highest BCUT2D eigenvalue weighted by atomic mass is 79.9. The Balaban J connectivity index is 2.04. The highest BCUT2D eigenvalue weighted by Gasteiger charge is 2.30. The van der Waals surface area contributed by atoms with Crippen LogP contribution in [0.25, 0.3) is 0 Å². The topological polar surface area (TPSA) is 66.5 Å². The van der Waals surface area contributed by atoms with Crippen LogP contribution in [-0.4, -0.2) is 44.1 Å². The van der Waals surface area contributed by atoms with Crippen molar-refractivity contribution in [3.8, 4) is 0 Å². The molecule has 5 nitrogen and oxygen atoms in total. The van der Waals surface area contributed by atoms with Crippen molar-refractivity contribution in [1.29, 1.82) is 0 Å². The number of amides is 1. The summed E-state index contributed by atoms with van der Waals surface area (Å²) in [6, 6.07) is 1.60. The number of halogens is 4. The van der Waals surface area contributed by atoms with Crippen LogP contribution in [0.4, 0.5) is 8.78 Å². The van der Waals surface area contributed by atoms with E-state index in [9.17, 15) is 22.0 Å². The summed E-state index contributed by atoms with van der Waals surface area (Å²) in [4.78, 5) is 10.7. The summed E-state index contributed by atoms with van der Waals surface area (Å²) in [5.74, 6) is -2.18. The number of carbonyl (C=O) groups is 1. The molecule has 2 rings (SSSR count). The van der Waals surface area contributed by atoms with E-state index in [0.717, 1.165) is 12.1 Å². The third kappa shape index (κ3) is 4.44. The van der Waals surface area contributed by atoms with Crippen LogP contribution in [0, 0.1) is 17.6 Å². The molecule has 1 aliphatic rings. The van der Waals surface area contributed by atoms with Crippen molar-refractivity contribution >= 4 is 43.5 Å². The number of rotatable bonds is 5. The summed E-state index contributed by atoms with van der Waals surface area (Å²) in [6.45, 7) is 0.882. The molecule has 1 fully saturated rings. The number of nitrogens with zero attached hydrogens (tertiary/aromatic N) is 1. The second-order valence-electron chi connectivity index (χ2n) is 5.49. The minimum atomic E-state index is -3.96. The van der Waals surface area contributed by atoms with Gasteiger partial charge in [0.1, 0.15) is 17.5 Å². The van der Waals surface area contributed by atoms with Crippen molar-refractivity contribution in [2.75, 3.05) is 25.5 Å². The minimum Gasteiger partial charge on any atom is -0.355 e. The lowest BCUT2D eigenvalue weighted by Gasteiger charge is -2.31. The summed E-state index contributed by atoms with van der Waals surface area (Å²) in [5.41, 5.74) is 0. The zero-order valence-electron chi connectivity index (χ0n) is 12.6. The average Bonchev–Trinajstić information content (AvgIpc) is 2.57. The van der Waals surface area contributed by atoms with E-state index in [4.69, 9.17) is 11.6 Å². The molecule has 0 aliphatic carbocycles. The number of benzene rings is 1. The first kappa shape index (κ1) is 19.6. The van der Waals surface area contributed by atoms with Crippen molar-refractivity contribution < 1.29 is 22.0 Å². The van der Waals surface area contributed by atoms with Gasteiger partial charge in [-0.2, -0.15) is 4.31 Å². The Bertz CT molecular complexity index is 702. The van der Waals surface area contributed by atoms with E-state index in [2.05, 4.69) is 21.2 Å². The van der Waals surface area contributed by atoms with Gasteiger partial charge in [0.05, 0.1) is 9.37 Å². The van der Waals surface area contributed by atoms with Crippen LogP contribution in [0.2, 0.25) is 0 Å². The third-order valence-corrected chi connectivity index (χ3v) is 6.75. The Kier molecular flexibility index (Phi) is 6.58. The Hall–Kier alpha value is -0.770. The number of piperidine rings is 1. The molecule has 134 valence electrons. The van der Waals surface area contributed by atoms with Gasteiger partial charge in [0, 0.05) is 19.6 Å². The monoisotopic (exact) mass is 444 g/mol. The molecule has 1 aromatic carbocycles. The van der Waals surface area contributed by atoms with Gasteiger partial charge in [0.25, 0.3) is 0 Å². The third-order valence-electron chi connectivity index (χ3n) is 3.88. The predicted octanol–water partition coefficient (Wildman–Crippen LogP) is 2.48. The fourth-order valence-electron chi connectivity index (χ4n) is 2.49. The second kappa shape index (κ2) is 8.07. The molecular weight excluding hydrogens is 430 g/mol. The Morgan fingerprint density at radius 2 is 1.83 bits per heavy atom. The fourth-order valence-corrected chi connectivity index (χ4v) is 4.31. The molecule has 1 aliphatic heterocycles. The maximum absolute atomic E-state index is 13.6. The van der Waals surface area contributed by atoms with Crippen LogP contribution in [0.3, 0.4) is 0 Å². The van der Waals surface area contributed by atoms with E-state index >= 15 is 0 Å². The summed E-state index contributed by atoms with van der Waals surface area (Å²) < 4.78 is 53.0. The molecule has 10 heteroatoms. The quantitative estimate of drug-likeness (QED) is 0.559. The molecule has 0 aromatic heterocycles. The molecule has 1 N–H and O–H groups in total. The van der Waals surface area contributed by atoms with E-state index in [1.54, 1.807) is 0 Å². The van der Waals surface area contributed by atoms with E-state index < -0.39 is 31.0 Å². The van der Waals surface area contributed by atoms with Gasteiger partial charge in [-0.1, -0.05) is 0 Å². The largest absolute Gasteiger partial charge is 0.355 e. The van der Waals surface area contributed by atoms with Crippen LogP contribution in [0.5, 0.6) is 0 Å². The van der Waals surface area contributed by atoms with Gasteiger partial charge in [0.2, 0.25) is 15.9 Å². The zero-order chi connectivity index (χ0) is 17.9. The molecule has 24 heavy (non-hydrogen) atoms. The molecule has 0 bridgehead atoms. The van der Waals surface area contributed by atoms with Gasteiger partial charge in [-0.25, -0.2) is 17.2 Å². The molecule has 1 heterocycles. The normalized spacial score (nSPS) is 17.0. The maximum atomic E-state index is 13.6. The van der Waals surface area contributed by atoms with E-state index in [1.807, 2.05) is 0 Å². The smallest absolute Gasteiger partial charge is 0.243 e. The lowest BCUT2D eigenvalue weighted by atomic mass is 9.98. The number of hydrogen-bond donors (Lipinski definition) is 1. The van der Waals surface area contributed by atoms with E-state index in [1.165, 1.54) is 4.31 Å². The van der Waals surface area contributed by atoms with Gasteiger partial charge >= 0.3 is 0 Å². The Labute approximate surface area is 152 Å². The first-order chi connectivity index (χ1) is 11.3. The molecule has 1 aromatic rings. The van der Waals surface area contributed by atoms with Gasteiger partial charge in [0.15, 0.2) is 0 Å². The van der Waals surface area contributed by atoms with Gasteiger partial charge in [-0.05, 0) is 46.8 Å². The molecule has 0 unspecified atom stereocenters.